The Labute approximate surface area is 117 Å². The Kier molecular flexibility index (Phi) is 5.90. The van der Waals surface area contributed by atoms with E-state index >= 15 is 0 Å². The number of carbonyl (C=O) groups excluding carboxylic acids is 2. The molecule has 1 heterocycles. The molecule has 0 aromatic rings. The predicted octanol–water partition coefficient (Wildman–Crippen LogP) is -1.04. The zero-order valence-corrected chi connectivity index (χ0v) is 11.9. The minimum atomic E-state index is -1.17. The third kappa shape index (κ3) is 4.17. The van der Waals surface area contributed by atoms with Crippen LogP contribution in [0.3, 0.4) is 0 Å². The fourth-order valence-electron chi connectivity index (χ4n) is 1.96. The van der Waals surface area contributed by atoms with Crippen LogP contribution in [-0.2, 0) is 19.1 Å². The standard InChI is InChI=1S/C12H21N3O5/c1-7(2)10(12(18)19)15(8(3)16)14-11(17)9-6-13-4-5-20-9/h7,9-10,13H,4-6H2,1-3H3,(H,14,17)(H,18,19)/t9?,10-/m0/s1. The number of aliphatic carboxylic acids is 1. The molecule has 8 heteroatoms. The van der Waals surface area contributed by atoms with Gasteiger partial charge in [0.1, 0.15) is 6.10 Å². The second-order valence-corrected chi connectivity index (χ2v) is 4.96. The predicted molar refractivity (Wildman–Crippen MR) is 69.5 cm³/mol. The van der Waals surface area contributed by atoms with E-state index in [1.165, 1.54) is 6.92 Å². The molecule has 2 atom stereocenters. The molecular weight excluding hydrogens is 266 g/mol. The van der Waals surface area contributed by atoms with Crippen LogP contribution >= 0.6 is 0 Å². The first-order valence-corrected chi connectivity index (χ1v) is 6.50. The number of carbonyl (C=O) groups is 3. The first-order valence-electron chi connectivity index (χ1n) is 6.50. The Morgan fingerprint density at radius 1 is 1.40 bits per heavy atom. The van der Waals surface area contributed by atoms with E-state index in [0.717, 1.165) is 5.01 Å². The van der Waals surface area contributed by atoms with E-state index in [1.807, 2.05) is 0 Å². The first-order chi connectivity index (χ1) is 9.34. The highest BCUT2D eigenvalue weighted by Gasteiger charge is 2.34. The first kappa shape index (κ1) is 16.4. The summed E-state index contributed by atoms with van der Waals surface area (Å²) in [6.45, 7) is 5.92. The Morgan fingerprint density at radius 3 is 2.45 bits per heavy atom. The molecule has 0 radical (unpaired) electrons. The van der Waals surface area contributed by atoms with Gasteiger partial charge in [-0.1, -0.05) is 13.8 Å². The van der Waals surface area contributed by atoms with Crippen LogP contribution in [0.2, 0.25) is 0 Å². The number of nitrogens with one attached hydrogen (secondary N) is 2. The van der Waals surface area contributed by atoms with E-state index in [2.05, 4.69) is 10.7 Å². The van der Waals surface area contributed by atoms with Crippen LogP contribution in [0.5, 0.6) is 0 Å². The molecule has 1 aliphatic rings. The summed E-state index contributed by atoms with van der Waals surface area (Å²) in [4.78, 5) is 34.9. The van der Waals surface area contributed by atoms with Gasteiger partial charge in [-0.2, -0.15) is 0 Å². The van der Waals surface area contributed by atoms with Crippen molar-refractivity contribution >= 4 is 17.8 Å². The van der Waals surface area contributed by atoms with Crippen molar-refractivity contribution < 1.29 is 24.2 Å². The molecule has 0 aromatic heterocycles. The molecule has 8 nitrogen and oxygen atoms in total. The maximum absolute atomic E-state index is 12.0. The summed E-state index contributed by atoms with van der Waals surface area (Å²) in [5.74, 6) is -2.58. The number of ether oxygens (including phenoxy) is 1. The Morgan fingerprint density at radius 2 is 2.05 bits per heavy atom. The summed E-state index contributed by atoms with van der Waals surface area (Å²) < 4.78 is 5.26. The van der Waals surface area contributed by atoms with Crippen molar-refractivity contribution in [2.24, 2.45) is 5.92 Å². The number of morpholine rings is 1. The maximum atomic E-state index is 12.0. The van der Waals surface area contributed by atoms with E-state index in [4.69, 9.17) is 4.74 Å². The van der Waals surface area contributed by atoms with Crippen molar-refractivity contribution in [3.05, 3.63) is 0 Å². The van der Waals surface area contributed by atoms with Crippen LogP contribution in [0.4, 0.5) is 0 Å². The van der Waals surface area contributed by atoms with Crippen molar-refractivity contribution in [2.45, 2.75) is 32.9 Å². The average Bonchev–Trinajstić information content (AvgIpc) is 2.37. The molecular formula is C12H21N3O5. The third-order valence-electron chi connectivity index (χ3n) is 2.95. The average molecular weight is 287 g/mol. The summed E-state index contributed by atoms with van der Waals surface area (Å²) in [6.07, 6.45) is -0.729. The van der Waals surface area contributed by atoms with Gasteiger partial charge in [0.05, 0.1) is 6.61 Å². The molecule has 1 fully saturated rings. The lowest BCUT2D eigenvalue weighted by Gasteiger charge is -2.32. The lowest BCUT2D eigenvalue weighted by atomic mass is 10.0. The zero-order valence-electron chi connectivity index (χ0n) is 11.9. The smallest absolute Gasteiger partial charge is 0.328 e. The summed E-state index contributed by atoms with van der Waals surface area (Å²) in [7, 11) is 0. The summed E-state index contributed by atoms with van der Waals surface area (Å²) in [5, 5.41) is 13.0. The Balaban J connectivity index is 2.78. The molecule has 1 unspecified atom stereocenters. The monoisotopic (exact) mass is 287 g/mol. The van der Waals surface area contributed by atoms with Crippen molar-refractivity contribution in [3.8, 4) is 0 Å². The van der Waals surface area contributed by atoms with E-state index < -0.39 is 29.9 Å². The minimum Gasteiger partial charge on any atom is -0.480 e. The Bertz CT molecular complexity index is 379. The SMILES string of the molecule is CC(=O)N(NC(=O)C1CNCCO1)[C@H](C(=O)O)C(C)C. The molecule has 1 aliphatic heterocycles. The van der Waals surface area contributed by atoms with Crippen LogP contribution < -0.4 is 10.7 Å². The number of nitrogens with zero attached hydrogens (tertiary/aromatic N) is 1. The van der Waals surface area contributed by atoms with Crippen molar-refractivity contribution in [3.63, 3.8) is 0 Å². The topological polar surface area (TPSA) is 108 Å². The van der Waals surface area contributed by atoms with Gasteiger partial charge in [0.25, 0.3) is 5.91 Å². The molecule has 0 aliphatic carbocycles. The summed E-state index contributed by atoms with van der Waals surface area (Å²) in [6, 6.07) is -1.12. The number of hydrazine groups is 1. The molecule has 2 amide bonds. The zero-order chi connectivity index (χ0) is 15.3. The lowest BCUT2D eigenvalue weighted by Crippen LogP contribution is -2.59. The van der Waals surface area contributed by atoms with Crippen molar-refractivity contribution in [1.82, 2.24) is 15.8 Å². The van der Waals surface area contributed by atoms with Crippen LogP contribution in [0.15, 0.2) is 0 Å². The van der Waals surface area contributed by atoms with Crippen LogP contribution in [0.25, 0.3) is 0 Å². The second-order valence-electron chi connectivity index (χ2n) is 4.96. The molecule has 114 valence electrons. The van der Waals surface area contributed by atoms with E-state index in [1.54, 1.807) is 13.8 Å². The molecule has 0 saturated carbocycles. The van der Waals surface area contributed by atoms with Crippen LogP contribution in [0.1, 0.15) is 20.8 Å². The van der Waals surface area contributed by atoms with Gasteiger partial charge in [0, 0.05) is 20.0 Å². The number of rotatable bonds is 4. The van der Waals surface area contributed by atoms with Gasteiger partial charge < -0.3 is 15.2 Å². The normalized spacial score (nSPS) is 20.3. The third-order valence-corrected chi connectivity index (χ3v) is 2.95. The lowest BCUT2D eigenvalue weighted by molar-refractivity contribution is -0.160. The largest absolute Gasteiger partial charge is 0.480 e. The van der Waals surface area contributed by atoms with E-state index in [0.29, 0.717) is 19.7 Å². The van der Waals surface area contributed by atoms with E-state index in [9.17, 15) is 19.5 Å². The number of carboxylic acids is 1. The number of hydrogen-bond donors (Lipinski definition) is 3. The van der Waals surface area contributed by atoms with Gasteiger partial charge in [0.15, 0.2) is 6.04 Å². The fraction of sp³-hybridized carbons (Fsp3) is 0.750. The van der Waals surface area contributed by atoms with Gasteiger partial charge in [-0.25, -0.2) is 9.80 Å². The highest BCUT2D eigenvalue weighted by Crippen LogP contribution is 2.10. The Hall–Kier alpha value is -1.67. The molecule has 0 bridgehead atoms. The van der Waals surface area contributed by atoms with E-state index in [-0.39, 0.29) is 5.92 Å². The number of carboxylic acid groups (broad SMARTS) is 1. The molecule has 0 aromatic carbocycles. The van der Waals surface area contributed by atoms with Gasteiger partial charge in [0.2, 0.25) is 5.91 Å². The van der Waals surface area contributed by atoms with Gasteiger partial charge in [-0.05, 0) is 5.92 Å². The highest BCUT2D eigenvalue weighted by molar-refractivity contribution is 5.87. The highest BCUT2D eigenvalue weighted by atomic mass is 16.5. The van der Waals surface area contributed by atoms with Gasteiger partial charge in [-0.3, -0.25) is 15.0 Å². The van der Waals surface area contributed by atoms with Gasteiger partial charge in [-0.15, -0.1) is 0 Å². The quantitative estimate of drug-likeness (QED) is 0.570. The maximum Gasteiger partial charge on any atom is 0.328 e. The van der Waals surface area contributed by atoms with Crippen LogP contribution in [-0.4, -0.2) is 59.7 Å². The molecule has 20 heavy (non-hydrogen) atoms. The number of amides is 2. The van der Waals surface area contributed by atoms with Crippen LogP contribution in [0, 0.1) is 5.92 Å². The summed E-state index contributed by atoms with van der Waals surface area (Å²) in [5.41, 5.74) is 2.35. The summed E-state index contributed by atoms with van der Waals surface area (Å²) >= 11 is 0. The van der Waals surface area contributed by atoms with Crippen molar-refractivity contribution in [2.75, 3.05) is 19.7 Å². The molecule has 0 spiro atoms. The number of hydrogen-bond acceptors (Lipinski definition) is 5. The second kappa shape index (κ2) is 7.20. The molecule has 3 N–H and O–H groups in total. The molecule has 1 rings (SSSR count). The fourth-order valence-corrected chi connectivity index (χ4v) is 1.96. The van der Waals surface area contributed by atoms with Gasteiger partial charge >= 0.3 is 5.97 Å². The van der Waals surface area contributed by atoms with Crippen molar-refractivity contribution in [1.29, 1.82) is 0 Å². The molecule has 1 saturated heterocycles. The minimum absolute atomic E-state index is 0.330.